The van der Waals surface area contributed by atoms with Gasteiger partial charge in [-0.2, -0.15) is 0 Å². The molecule has 2 amide bonds. The van der Waals surface area contributed by atoms with Gasteiger partial charge >= 0.3 is 6.09 Å². The molecule has 31 heavy (non-hydrogen) atoms. The highest BCUT2D eigenvalue weighted by Gasteiger charge is 2.33. The van der Waals surface area contributed by atoms with Crippen LogP contribution in [0.1, 0.15) is 31.1 Å². The van der Waals surface area contributed by atoms with Crippen molar-refractivity contribution in [1.29, 1.82) is 0 Å². The monoisotopic (exact) mass is 469 g/mol. The van der Waals surface area contributed by atoms with E-state index in [1.807, 2.05) is 0 Å². The van der Waals surface area contributed by atoms with Gasteiger partial charge < -0.3 is 19.4 Å². The standard InChI is InChI=1S/C20H21Cl2N3O6/c1-20(2,3)31-19(27)25(17-13(21)10-23-11-14(17)22)18(26)12-5-6-15(29-4)16(9-12)30-8-7-24-28/h5-7,9-11,28H,8H2,1-4H3/b24-7+. The first-order valence-electron chi connectivity index (χ1n) is 8.92. The second-order valence-corrected chi connectivity index (χ2v) is 7.86. The normalized spacial score (nSPS) is 11.3. The number of hydrogen-bond donors (Lipinski definition) is 1. The van der Waals surface area contributed by atoms with Crippen molar-refractivity contribution in [3.63, 3.8) is 0 Å². The van der Waals surface area contributed by atoms with Crippen LogP contribution in [0.2, 0.25) is 10.0 Å². The van der Waals surface area contributed by atoms with Crippen LogP contribution in [0.25, 0.3) is 0 Å². The third-order valence-electron chi connectivity index (χ3n) is 3.64. The Bertz CT molecular complexity index is 971. The Balaban J connectivity index is 2.55. The molecule has 0 radical (unpaired) electrons. The van der Waals surface area contributed by atoms with E-state index >= 15 is 0 Å². The number of rotatable bonds is 6. The largest absolute Gasteiger partial charge is 0.493 e. The fraction of sp³-hybridized carbons (Fsp3) is 0.300. The first kappa shape index (κ1) is 24.2. The summed E-state index contributed by atoms with van der Waals surface area (Å²) in [5, 5.41) is 11.3. The Morgan fingerprint density at radius 1 is 1.19 bits per heavy atom. The number of hydrogen-bond acceptors (Lipinski definition) is 8. The molecule has 0 bridgehead atoms. The average molecular weight is 470 g/mol. The van der Waals surface area contributed by atoms with Crippen LogP contribution >= 0.6 is 23.2 Å². The molecule has 0 fully saturated rings. The van der Waals surface area contributed by atoms with Crippen molar-refractivity contribution in [2.75, 3.05) is 18.6 Å². The van der Waals surface area contributed by atoms with Crippen LogP contribution in [0.5, 0.6) is 11.5 Å². The van der Waals surface area contributed by atoms with E-state index in [4.69, 9.17) is 42.6 Å². The zero-order valence-corrected chi connectivity index (χ0v) is 18.8. The lowest BCUT2D eigenvalue weighted by Gasteiger charge is -2.27. The molecule has 0 saturated carbocycles. The van der Waals surface area contributed by atoms with Gasteiger partial charge in [-0.1, -0.05) is 28.4 Å². The number of pyridine rings is 1. The van der Waals surface area contributed by atoms with Crippen LogP contribution in [0, 0.1) is 0 Å². The Morgan fingerprint density at radius 3 is 2.39 bits per heavy atom. The van der Waals surface area contributed by atoms with Crippen molar-refractivity contribution in [3.8, 4) is 11.5 Å². The second kappa shape index (κ2) is 10.3. The van der Waals surface area contributed by atoms with E-state index in [-0.39, 0.29) is 33.7 Å². The molecule has 0 saturated heterocycles. The fourth-order valence-electron chi connectivity index (χ4n) is 2.41. The van der Waals surface area contributed by atoms with Crippen LogP contribution in [0.15, 0.2) is 35.7 Å². The quantitative estimate of drug-likeness (QED) is 0.366. The van der Waals surface area contributed by atoms with E-state index in [1.165, 1.54) is 37.7 Å². The molecular formula is C20H21Cl2N3O6. The van der Waals surface area contributed by atoms with Gasteiger partial charge in [-0.25, -0.2) is 9.69 Å². The summed E-state index contributed by atoms with van der Waals surface area (Å²) in [6.07, 6.45) is 2.64. The number of nitrogens with zero attached hydrogens (tertiary/aromatic N) is 3. The minimum Gasteiger partial charge on any atom is -0.493 e. The molecule has 0 aliphatic rings. The van der Waals surface area contributed by atoms with Crippen molar-refractivity contribution < 1.29 is 29.0 Å². The van der Waals surface area contributed by atoms with Gasteiger partial charge in [-0.15, -0.1) is 0 Å². The van der Waals surface area contributed by atoms with E-state index < -0.39 is 17.6 Å². The number of imide groups is 1. The number of oxime groups is 1. The van der Waals surface area contributed by atoms with E-state index in [0.717, 1.165) is 11.1 Å². The third-order valence-corrected chi connectivity index (χ3v) is 4.19. The van der Waals surface area contributed by atoms with Gasteiger partial charge in [-0.3, -0.25) is 9.78 Å². The predicted molar refractivity (Wildman–Crippen MR) is 116 cm³/mol. The van der Waals surface area contributed by atoms with E-state index in [2.05, 4.69) is 10.1 Å². The van der Waals surface area contributed by atoms with Gasteiger partial charge in [0.1, 0.15) is 12.2 Å². The number of methoxy groups -OCH3 is 1. The zero-order chi connectivity index (χ0) is 23.2. The van der Waals surface area contributed by atoms with Crippen LogP contribution in [-0.4, -0.2) is 47.7 Å². The molecule has 11 heteroatoms. The summed E-state index contributed by atoms with van der Waals surface area (Å²) in [5.74, 6) is -0.261. The van der Waals surface area contributed by atoms with Gasteiger partial charge in [-0.05, 0) is 39.0 Å². The number of carbonyl (C=O) groups is 2. The van der Waals surface area contributed by atoms with Gasteiger partial charge in [0, 0.05) is 18.0 Å². The molecule has 1 heterocycles. The van der Waals surface area contributed by atoms with Crippen molar-refractivity contribution in [2.45, 2.75) is 26.4 Å². The lowest BCUT2D eigenvalue weighted by molar-refractivity contribution is 0.0564. The molecule has 0 aliphatic carbocycles. The van der Waals surface area contributed by atoms with Crippen molar-refractivity contribution in [1.82, 2.24) is 4.98 Å². The molecular weight excluding hydrogens is 449 g/mol. The highest BCUT2D eigenvalue weighted by Crippen LogP contribution is 2.36. The summed E-state index contributed by atoms with van der Waals surface area (Å²) in [7, 11) is 1.42. The Morgan fingerprint density at radius 2 is 1.84 bits per heavy atom. The first-order valence-corrected chi connectivity index (χ1v) is 9.67. The predicted octanol–water partition coefficient (Wildman–Crippen LogP) is 4.82. The summed E-state index contributed by atoms with van der Waals surface area (Å²) >= 11 is 12.4. The highest BCUT2D eigenvalue weighted by atomic mass is 35.5. The molecule has 1 aromatic heterocycles. The minimum atomic E-state index is -0.974. The number of anilines is 1. The van der Waals surface area contributed by atoms with Gasteiger partial charge in [0.15, 0.2) is 11.5 Å². The number of aromatic nitrogens is 1. The zero-order valence-electron chi connectivity index (χ0n) is 17.3. The van der Waals surface area contributed by atoms with Crippen molar-refractivity contribution >= 4 is 47.1 Å². The smallest absolute Gasteiger partial charge is 0.422 e. The highest BCUT2D eigenvalue weighted by molar-refractivity contribution is 6.41. The lowest BCUT2D eigenvalue weighted by atomic mass is 10.1. The fourth-order valence-corrected chi connectivity index (χ4v) is 2.95. The molecule has 0 spiro atoms. The van der Waals surface area contributed by atoms with Crippen LogP contribution in [-0.2, 0) is 4.74 Å². The first-order chi connectivity index (χ1) is 14.6. The molecule has 0 unspecified atom stereocenters. The van der Waals surface area contributed by atoms with Crippen LogP contribution in [0.4, 0.5) is 10.5 Å². The van der Waals surface area contributed by atoms with E-state index in [9.17, 15) is 9.59 Å². The molecule has 9 nitrogen and oxygen atoms in total. The maximum absolute atomic E-state index is 13.4. The number of benzene rings is 1. The molecule has 1 aromatic carbocycles. The summed E-state index contributed by atoms with van der Waals surface area (Å²) in [6.45, 7) is 4.89. The minimum absolute atomic E-state index is 0.0177. The number of halogens is 2. The summed E-state index contributed by atoms with van der Waals surface area (Å²) in [5.41, 5.74) is -0.894. The number of amides is 2. The summed E-state index contributed by atoms with van der Waals surface area (Å²) < 4.78 is 16.0. The van der Waals surface area contributed by atoms with Crippen molar-refractivity contribution in [2.24, 2.45) is 5.16 Å². The third kappa shape index (κ3) is 6.22. The maximum atomic E-state index is 13.4. The molecule has 2 aromatic rings. The number of carbonyl (C=O) groups excluding carboxylic acids is 2. The van der Waals surface area contributed by atoms with Gasteiger partial charge in [0.2, 0.25) is 0 Å². The van der Waals surface area contributed by atoms with E-state index in [0.29, 0.717) is 5.75 Å². The van der Waals surface area contributed by atoms with Gasteiger partial charge in [0.25, 0.3) is 5.91 Å². The Kier molecular flexibility index (Phi) is 8.07. The van der Waals surface area contributed by atoms with Crippen LogP contribution < -0.4 is 14.4 Å². The Labute approximate surface area is 189 Å². The summed E-state index contributed by atoms with van der Waals surface area (Å²) in [4.78, 5) is 30.9. The Hall–Kier alpha value is -3.04. The van der Waals surface area contributed by atoms with E-state index in [1.54, 1.807) is 20.8 Å². The SMILES string of the molecule is COc1ccc(C(=O)N(C(=O)OC(C)(C)C)c2c(Cl)cncc2Cl)cc1OC/C=N/O. The lowest BCUT2D eigenvalue weighted by Crippen LogP contribution is -2.41. The molecule has 1 N–H and O–H groups in total. The van der Waals surface area contributed by atoms with Crippen molar-refractivity contribution in [3.05, 3.63) is 46.2 Å². The second-order valence-electron chi connectivity index (χ2n) is 7.05. The topological polar surface area (TPSA) is 111 Å². The number of ether oxygens (including phenoxy) is 3. The molecule has 0 atom stereocenters. The average Bonchev–Trinajstić information content (AvgIpc) is 2.69. The maximum Gasteiger partial charge on any atom is 0.422 e. The van der Waals surface area contributed by atoms with Crippen LogP contribution in [0.3, 0.4) is 0 Å². The molecule has 0 aliphatic heterocycles. The van der Waals surface area contributed by atoms with Gasteiger partial charge in [0.05, 0.1) is 29.1 Å². The summed E-state index contributed by atoms with van der Waals surface area (Å²) in [6, 6.07) is 4.29. The molecule has 2 rings (SSSR count). The molecule has 166 valence electrons.